The highest BCUT2D eigenvalue weighted by atomic mass is 16.1. The Balaban J connectivity index is 1.88. The lowest BCUT2D eigenvalue weighted by Crippen LogP contribution is -2.46. The predicted molar refractivity (Wildman–Crippen MR) is 71.7 cm³/mol. The van der Waals surface area contributed by atoms with E-state index in [9.17, 15) is 4.79 Å². The number of hydrogen-bond donors (Lipinski definition) is 2. The first-order chi connectivity index (χ1) is 9.28. The number of fused-ring (bicyclic) bond motifs is 1. The number of nitrogens with two attached hydrogens (primary N) is 1. The third kappa shape index (κ3) is 2.33. The summed E-state index contributed by atoms with van der Waals surface area (Å²) in [6.45, 7) is 4.77. The molecule has 7 nitrogen and oxygen atoms in total. The molecule has 2 aliphatic heterocycles. The smallest absolute Gasteiger partial charge is 0.222 e. The van der Waals surface area contributed by atoms with Crippen LogP contribution in [-0.4, -0.2) is 54.0 Å². The van der Waals surface area contributed by atoms with Crippen molar-refractivity contribution in [1.29, 1.82) is 0 Å². The summed E-state index contributed by atoms with van der Waals surface area (Å²) in [5.74, 6) is 1.27. The Morgan fingerprint density at radius 2 is 2.00 bits per heavy atom. The molecule has 1 aromatic rings. The molecule has 0 aromatic carbocycles. The van der Waals surface area contributed by atoms with E-state index in [4.69, 9.17) is 5.73 Å². The normalized spacial score (nSPS) is 19.2. The molecule has 2 aliphatic rings. The highest BCUT2D eigenvalue weighted by molar-refractivity contribution is 5.54. The highest BCUT2D eigenvalue weighted by Crippen LogP contribution is 2.25. The summed E-state index contributed by atoms with van der Waals surface area (Å²) >= 11 is 0. The van der Waals surface area contributed by atoms with E-state index < -0.39 is 0 Å². The van der Waals surface area contributed by atoms with Crippen LogP contribution >= 0.6 is 0 Å². The maximum absolute atomic E-state index is 10.7. The number of aromatic nitrogens is 2. The number of nitrogens with one attached hydrogen (secondary N) is 1. The zero-order chi connectivity index (χ0) is 13.2. The van der Waals surface area contributed by atoms with Gasteiger partial charge in [-0.15, -0.1) is 0 Å². The third-order valence-electron chi connectivity index (χ3n) is 3.69. The lowest BCUT2D eigenvalue weighted by Gasteiger charge is -2.35. The van der Waals surface area contributed by atoms with Crippen LogP contribution in [0.4, 0.5) is 11.8 Å². The highest BCUT2D eigenvalue weighted by Gasteiger charge is 2.23. The number of hydrogen-bond acceptors (Lipinski definition) is 6. The van der Waals surface area contributed by atoms with Gasteiger partial charge in [0.1, 0.15) is 5.82 Å². The van der Waals surface area contributed by atoms with Gasteiger partial charge in [-0.25, -0.2) is 4.98 Å². The molecule has 1 fully saturated rings. The van der Waals surface area contributed by atoms with Gasteiger partial charge in [0, 0.05) is 51.3 Å². The molecule has 3 rings (SSSR count). The van der Waals surface area contributed by atoms with Gasteiger partial charge in [0.15, 0.2) is 0 Å². The Hall–Kier alpha value is -1.89. The van der Waals surface area contributed by atoms with Gasteiger partial charge in [0.2, 0.25) is 12.4 Å². The average Bonchev–Trinajstić information content (AvgIpc) is 2.46. The lowest BCUT2D eigenvalue weighted by atomic mass is 10.1. The molecule has 0 spiro atoms. The van der Waals surface area contributed by atoms with E-state index in [1.54, 1.807) is 4.90 Å². The second kappa shape index (κ2) is 5.00. The van der Waals surface area contributed by atoms with Gasteiger partial charge in [-0.3, -0.25) is 4.79 Å². The predicted octanol–water partition coefficient (Wildman–Crippen LogP) is -1.02. The summed E-state index contributed by atoms with van der Waals surface area (Å²) in [6.07, 6.45) is 1.80. The van der Waals surface area contributed by atoms with E-state index in [2.05, 4.69) is 20.2 Å². The van der Waals surface area contributed by atoms with Crippen molar-refractivity contribution in [2.45, 2.75) is 13.0 Å². The summed E-state index contributed by atoms with van der Waals surface area (Å²) < 4.78 is 0. The minimum Gasteiger partial charge on any atom is -0.368 e. The minimum atomic E-state index is 0.341. The molecule has 0 atom stereocenters. The first-order valence-corrected chi connectivity index (χ1v) is 6.58. The van der Waals surface area contributed by atoms with Crippen LogP contribution in [0.5, 0.6) is 0 Å². The van der Waals surface area contributed by atoms with Gasteiger partial charge < -0.3 is 20.9 Å². The third-order valence-corrected chi connectivity index (χ3v) is 3.69. The number of amides is 1. The topological polar surface area (TPSA) is 87.4 Å². The van der Waals surface area contributed by atoms with Crippen molar-refractivity contribution in [3.63, 3.8) is 0 Å². The van der Waals surface area contributed by atoms with Gasteiger partial charge >= 0.3 is 0 Å². The zero-order valence-corrected chi connectivity index (χ0v) is 10.8. The number of anilines is 2. The minimum absolute atomic E-state index is 0.341. The van der Waals surface area contributed by atoms with E-state index in [1.807, 2.05) is 0 Å². The fourth-order valence-corrected chi connectivity index (χ4v) is 2.64. The summed E-state index contributed by atoms with van der Waals surface area (Å²) in [4.78, 5) is 23.5. The van der Waals surface area contributed by atoms with Crippen LogP contribution in [0.15, 0.2) is 0 Å². The van der Waals surface area contributed by atoms with Crippen LogP contribution in [0.2, 0.25) is 0 Å². The Morgan fingerprint density at radius 1 is 1.21 bits per heavy atom. The van der Waals surface area contributed by atoms with Gasteiger partial charge in [-0.05, 0) is 0 Å². The van der Waals surface area contributed by atoms with E-state index in [0.29, 0.717) is 5.95 Å². The summed E-state index contributed by atoms with van der Waals surface area (Å²) in [7, 11) is 0. The van der Waals surface area contributed by atoms with Crippen LogP contribution < -0.4 is 16.0 Å². The van der Waals surface area contributed by atoms with Crippen molar-refractivity contribution in [3.8, 4) is 0 Å². The maximum atomic E-state index is 10.7. The first kappa shape index (κ1) is 12.2. The summed E-state index contributed by atoms with van der Waals surface area (Å²) in [5, 5.41) is 3.35. The van der Waals surface area contributed by atoms with Gasteiger partial charge in [0.25, 0.3) is 0 Å². The second-order valence-corrected chi connectivity index (χ2v) is 4.89. The quantitative estimate of drug-likeness (QED) is 0.664. The van der Waals surface area contributed by atoms with E-state index in [-0.39, 0.29) is 0 Å². The molecule has 0 aliphatic carbocycles. The van der Waals surface area contributed by atoms with Crippen molar-refractivity contribution < 1.29 is 4.79 Å². The molecule has 3 heterocycles. The second-order valence-electron chi connectivity index (χ2n) is 4.89. The van der Waals surface area contributed by atoms with Crippen LogP contribution in [0.25, 0.3) is 0 Å². The van der Waals surface area contributed by atoms with E-state index in [1.165, 1.54) is 0 Å². The van der Waals surface area contributed by atoms with Crippen LogP contribution in [0.1, 0.15) is 11.3 Å². The number of carbonyl (C=O) groups excluding carboxylic acids is 1. The maximum Gasteiger partial charge on any atom is 0.222 e. The molecule has 0 saturated carbocycles. The van der Waals surface area contributed by atoms with Crippen LogP contribution in [-0.2, 0) is 17.8 Å². The van der Waals surface area contributed by atoms with Crippen molar-refractivity contribution in [1.82, 2.24) is 20.2 Å². The Kier molecular flexibility index (Phi) is 3.20. The fraction of sp³-hybridized carbons (Fsp3) is 0.583. The van der Waals surface area contributed by atoms with Crippen LogP contribution in [0, 0.1) is 0 Å². The molecule has 0 radical (unpaired) electrons. The Morgan fingerprint density at radius 3 is 2.74 bits per heavy atom. The molecule has 0 bridgehead atoms. The fourth-order valence-electron chi connectivity index (χ4n) is 2.64. The zero-order valence-electron chi connectivity index (χ0n) is 10.8. The van der Waals surface area contributed by atoms with Crippen molar-refractivity contribution in [2.24, 2.45) is 0 Å². The van der Waals surface area contributed by atoms with Crippen molar-refractivity contribution >= 4 is 18.2 Å². The number of carbonyl (C=O) groups is 1. The number of nitrogen functional groups attached to an aromatic ring is 1. The van der Waals surface area contributed by atoms with Crippen LogP contribution in [0.3, 0.4) is 0 Å². The molecule has 0 unspecified atom stereocenters. The monoisotopic (exact) mass is 262 g/mol. The molecule has 1 aromatic heterocycles. The van der Waals surface area contributed by atoms with E-state index in [0.717, 1.165) is 69.2 Å². The van der Waals surface area contributed by atoms with Gasteiger partial charge in [0.05, 0.1) is 5.69 Å². The molecule has 102 valence electrons. The summed E-state index contributed by atoms with van der Waals surface area (Å²) in [6, 6.07) is 0. The molecule has 19 heavy (non-hydrogen) atoms. The number of nitrogens with zero attached hydrogens (tertiary/aromatic N) is 4. The molecular formula is C12H18N6O. The SMILES string of the molecule is Nc1nc2c(c(N3CCN(C=O)CC3)n1)CNCC2. The number of piperazine rings is 1. The van der Waals surface area contributed by atoms with Crippen molar-refractivity contribution in [2.75, 3.05) is 43.4 Å². The first-order valence-electron chi connectivity index (χ1n) is 6.58. The average molecular weight is 262 g/mol. The summed E-state index contributed by atoms with van der Waals surface area (Å²) in [5.41, 5.74) is 8.01. The molecular weight excluding hydrogens is 244 g/mol. The molecule has 3 N–H and O–H groups in total. The van der Waals surface area contributed by atoms with Gasteiger partial charge in [-0.2, -0.15) is 4.98 Å². The standard InChI is InChI=1S/C12H18N6O/c13-12-15-10-1-2-14-7-9(10)11(16-12)18-5-3-17(8-19)4-6-18/h8,14H,1-7H2,(H2,13,15,16). The van der Waals surface area contributed by atoms with Gasteiger partial charge in [-0.1, -0.05) is 0 Å². The lowest BCUT2D eigenvalue weighted by molar-refractivity contribution is -0.118. The van der Waals surface area contributed by atoms with E-state index >= 15 is 0 Å². The Bertz CT molecular complexity index is 483. The largest absolute Gasteiger partial charge is 0.368 e. The van der Waals surface area contributed by atoms with Crippen molar-refractivity contribution in [3.05, 3.63) is 11.3 Å². The Labute approximate surface area is 111 Å². The molecule has 1 saturated heterocycles. The molecule has 7 heteroatoms. The molecule has 1 amide bonds. The number of rotatable bonds is 2.